The van der Waals surface area contributed by atoms with Crippen LogP contribution in [-0.2, 0) is 12.0 Å². The van der Waals surface area contributed by atoms with Crippen LogP contribution in [0, 0.1) is 0 Å². The monoisotopic (exact) mass is 230 g/mol. The fourth-order valence-electron chi connectivity index (χ4n) is 2.67. The number of nitrogens with zero attached hydrogens (tertiary/aromatic N) is 1. The molecule has 1 unspecified atom stereocenters. The molecule has 2 rings (SSSR count). The Morgan fingerprint density at radius 1 is 1.53 bits per heavy atom. The molecule has 0 aliphatic heterocycles. The van der Waals surface area contributed by atoms with Gasteiger partial charge in [0.15, 0.2) is 0 Å². The molecule has 1 N–H and O–H groups in total. The van der Waals surface area contributed by atoms with Crippen LogP contribution in [0.25, 0.3) is 0 Å². The molecule has 0 saturated heterocycles. The minimum Gasteiger partial charge on any atom is -0.341 e. The van der Waals surface area contributed by atoms with Crippen LogP contribution in [0.1, 0.15) is 17.5 Å². The summed E-state index contributed by atoms with van der Waals surface area (Å²) in [4.78, 5) is 13.6. The number of rotatable bonds is 2. The summed E-state index contributed by atoms with van der Waals surface area (Å²) >= 11 is 0. The Morgan fingerprint density at radius 3 is 2.88 bits per heavy atom. The molecule has 0 radical (unpaired) electrons. The summed E-state index contributed by atoms with van der Waals surface area (Å²) < 4.78 is 0. The summed E-state index contributed by atoms with van der Waals surface area (Å²) in [6.45, 7) is 3.93. The molecule has 3 heteroatoms. The second kappa shape index (κ2) is 4.24. The predicted octanol–water partition coefficient (Wildman–Crippen LogP) is 2.29. The van der Waals surface area contributed by atoms with Crippen molar-refractivity contribution >= 4 is 6.03 Å². The van der Waals surface area contributed by atoms with E-state index >= 15 is 0 Å². The van der Waals surface area contributed by atoms with Crippen molar-refractivity contribution < 1.29 is 4.79 Å². The highest BCUT2D eigenvalue weighted by Gasteiger charge is 2.41. The van der Waals surface area contributed by atoms with Crippen molar-refractivity contribution in [2.75, 3.05) is 14.1 Å². The third-order valence-corrected chi connectivity index (χ3v) is 3.71. The summed E-state index contributed by atoms with van der Waals surface area (Å²) in [5.74, 6) is 0. The van der Waals surface area contributed by atoms with Crippen LogP contribution < -0.4 is 5.32 Å². The van der Waals surface area contributed by atoms with Crippen LogP contribution in [0.2, 0.25) is 0 Å². The SMILES string of the molecule is C=CC1(N(C)C(=O)NC)CCc2ccccc21. The highest BCUT2D eigenvalue weighted by atomic mass is 16.2. The lowest BCUT2D eigenvalue weighted by molar-refractivity contribution is 0.164. The number of fused-ring (bicyclic) bond motifs is 1. The summed E-state index contributed by atoms with van der Waals surface area (Å²) in [5, 5.41) is 2.67. The Morgan fingerprint density at radius 2 is 2.24 bits per heavy atom. The van der Waals surface area contributed by atoms with E-state index in [1.54, 1.807) is 11.9 Å². The molecule has 0 spiro atoms. The van der Waals surface area contributed by atoms with Crippen LogP contribution in [-0.4, -0.2) is 25.0 Å². The van der Waals surface area contributed by atoms with Gasteiger partial charge >= 0.3 is 6.03 Å². The Hall–Kier alpha value is -1.77. The molecule has 1 atom stereocenters. The summed E-state index contributed by atoms with van der Waals surface area (Å²) in [6, 6.07) is 8.18. The topological polar surface area (TPSA) is 32.3 Å². The van der Waals surface area contributed by atoms with Crippen LogP contribution in [0.4, 0.5) is 4.79 Å². The minimum absolute atomic E-state index is 0.0818. The van der Waals surface area contributed by atoms with Crippen molar-refractivity contribution in [3.8, 4) is 0 Å². The number of benzene rings is 1. The van der Waals surface area contributed by atoms with Crippen molar-refractivity contribution in [1.29, 1.82) is 0 Å². The van der Waals surface area contributed by atoms with Gasteiger partial charge in [-0.1, -0.05) is 30.3 Å². The molecular formula is C14H18N2O. The fraction of sp³-hybridized carbons (Fsp3) is 0.357. The highest BCUT2D eigenvalue weighted by molar-refractivity contribution is 5.75. The van der Waals surface area contributed by atoms with Crippen LogP contribution in [0.15, 0.2) is 36.9 Å². The average molecular weight is 230 g/mol. The normalized spacial score (nSPS) is 21.8. The molecule has 1 aromatic carbocycles. The maximum absolute atomic E-state index is 11.8. The molecule has 0 aromatic heterocycles. The number of nitrogens with one attached hydrogen (secondary N) is 1. The zero-order valence-electron chi connectivity index (χ0n) is 10.4. The quantitative estimate of drug-likeness (QED) is 0.777. The van der Waals surface area contributed by atoms with Crippen molar-refractivity contribution in [3.63, 3.8) is 0 Å². The van der Waals surface area contributed by atoms with Gasteiger partial charge in [0.1, 0.15) is 0 Å². The van der Waals surface area contributed by atoms with Gasteiger partial charge in [-0.25, -0.2) is 4.79 Å². The Balaban J connectivity index is 2.47. The standard InChI is InChI=1S/C14H18N2O/c1-4-14(16(3)13(17)15-2)10-9-11-7-5-6-8-12(11)14/h4-8H,1,9-10H2,2-3H3,(H,15,17). The number of likely N-dealkylation sites (N-methyl/N-ethyl adjacent to an activating group) is 1. The molecule has 17 heavy (non-hydrogen) atoms. The highest BCUT2D eigenvalue weighted by Crippen LogP contribution is 2.41. The average Bonchev–Trinajstić information content (AvgIpc) is 2.77. The lowest BCUT2D eigenvalue weighted by Crippen LogP contribution is -2.48. The fourth-order valence-corrected chi connectivity index (χ4v) is 2.67. The molecule has 0 saturated carbocycles. The number of aryl methyl sites for hydroxylation is 1. The molecule has 1 aliphatic carbocycles. The van der Waals surface area contributed by atoms with Gasteiger partial charge in [0.25, 0.3) is 0 Å². The second-order valence-electron chi connectivity index (χ2n) is 4.40. The third kappa shape index (κ3) is 1.62. The molecule has 1 aliphatic rings. The number of amides is 2. The van der Waals surface area contributed by atoms with Crippen molar-refractivity contribution in [1.82, 2.24) is 10.2 Å². The molecule has 0 fully saturated rings. The van der Waals surface area contributed by atoms with Crippen molar-refractivity contribution in [3.05, 3.63) is 48.0 Å². The summed E-state index contributed by atoms with van der Waals surface area (Å²) in [5.41, 5.74) is 2.14. The Labute approximate surface area is 102 Å². The molecule has 3 nitrogen and oxygen atoms in total. The van der Waals surface area contributed by atoms with E-state index in [2.05, 4.69) is 24.0 Å². The lowest BCUT2D eigenvalue weighted by Gasteiger charge is -2.36. The van der Waals surface area contributed by atoms with Gasteiger partial charge in [-0.05, 0) is 24.0 Å². The molecular weight excluding hydrogens is 212 g/mol. The van der Waals surface area contributed by atoms with Gasteiger partial charge < -0.3 is 10.2 Å². The number of carbonyl (C=O) groups excluding carboxylic acids is 1. The van der Waals surface area contributed by atoms with Gasteiger partial charge in [-0.15, -0.1) is 6.58 Å². The van der Waals surface area contributed by atoms with E-state index in [-0.39, 0.29) is 11.6 Å². The van der Waals surface area contributed by atoms with E-state index in [4.69, 9.17) is 0 Å². The van der Waals surface area contributed by atoms with E-state index < -0.39 is 0 Å². The number of hydrogen-bond acceptors (Lipinski definition) is 1. The van der Waals surface area contributed by atoms with Gasteiger partial charge in [-0.2, -0.15) is 0 Å². The zero-order valence-corrected chi connectivity index (χ0v) is 10.4. The molecule has 0 bridgehead atoms. The molecule has 1 aromatic rings. The van der Waals surface area contributed by atoms with E-state index in [1.807, 2.05) is 25.3 Å². The van der Waals surface area contributed by atoms with E-state index in [9.17, 15) is 4.79 Å². The summed E-state index contributed by atoms with van der Waals surface area (Å²) in [7, 11) is 3.47. The van der Waals surface area contributed by atoms with Crippen LogP contribution >= 0.6 is 0 Å². The molecule has 90 valence electrons. The molecule has 0 heterocycles. The maximum Gasteiger partial charge on any atom is 0.317 e. The van der Waals surface area contributed by atoms with Gasteiger partial charge in [0.2, 0.25) is 0 Å². The maximum atomic E-state index is 11.8. The first-order valence-corrected chi connectivity index (χ1v) is 5.83. The summed E-state index contributed by atoms with van der Waals surface area (Å²) in [6.07, 6.45) is 3.78. The largest absolute Gasteiger partial charge is 0.341 e. The van der Waals surface area contributed by atoms with E-state index in [1.165, 1.54) is 11.1 Å². The van der Waals surface area contributed by atoms with Crippen molar-refractivity contribution in [2.45, 2.75) is 18.4 Å². The zero-order chi connectivity index (χ0) is 12.5. The second-order valence-corrected chi connectivity index (χ2v) is 4.40. The smallest absolute Gasteiger partial charge is 0.317 e. The molecule has 2 amide bonds. The Kier molecular flexibility index (Phi) is 2.92. The van der Waals surface area contributed by atoms with E-state index in [0.29, 0.717) is 0 Å². The van der Waals surface area contributed by atoms with E-state index in [0.717, 1.165) is 12.8 Å². The van der Waals surface area contributed by atoms with Gasteiger partial charge in [0.05, 0.1) is 5.54 Å². The third-order valence-electron chi connectivity index (χ3n) is 3.71. The Bertz CT molecular complexity index is 455. The minimum atomic E-state index is -0.364. The first kappa shape index (κ1) is 11.7. The first-order valence-electron chi connectivity index (χ1n) is 5.83. The van der Waals surface area contributed by atoms with Crippen molar-refractivity contribution in [2.24, 2.45) is 0 Å². The van der Waals surface area contributed by atoms with Gasteiger partial charge in [-0.3, -0.25) is 0 Å². The van der Waals surface area contributed by atoms with Crippen LogP contribution in [0.5, 0.6) is 0 Å². The van der Waals surface area contributed by atoms with Crippen LogP contribution in [0.3, 0.4) is 0 Å². The first-order chi connectivity index (χ1) is 8.15. The number of carbonyl (C=O) groups is 1. The lowest BCUT2D eigenvalue weighted by atomic mass is 9.90. The number of hydrogen-bond donors (Lipinski definition) is 1. The number of urea groups is 1. The predicted molar refractivity (Wildman–Crippen MR) is 68.9 cm³/mol. The van der Waals surface area contributed by atoms with Gasteiger partial charge in [0, 0.05) is 14.1 Å².